The van der Waals surface area contributed by atoms with Crippen LogP contribution in [0, 0.1) is 6.92 Å². The van der Waals surface area contributed by atoms with Gasteiger partial charge in [0.1, 0.15) is 0 Å². The number of benzene rings is 1. The molecule has 20 heavy (non-hydrogen) atoms. The van der Waals surface area contributed by atoms with Crippen molar-refractivity contribution in [2.75, 3.05) is 12.3 Å². The number of imide groups is 1. The Labute approximate surface area is 120 Å². The van der Waals surface area contributed by atoms with E-state index in [9.17, 15) is 9.59 Å². The number of nitrogens with two attached hydrogens (primary N) is 1. The number of carbonyl (C=O) groups is 2. The van der Waals surface area contributed by atoms with Crippen LogP contribution in [0.3, 0.4) is 0 Å². The first-order valence-corrected chi connectivity index (χ1v) is 7.11. The van der Waals surface area contributed by atoms with Gasteiger partial charge in [-0.3, -0.25) is 14.5 Å². The Hall–Kier alpha value is -2.21. The number of hydrogen-bond acceptors (Lipinski definition) is 5. The van der Waals surface area contributed by atoms with Crippen LogP contribution < -0.4 is 5.73 Å². The van der Waals surface area contributed by atoms with E-state index in [1.807, 2.05) is 12.3 Å². The fraction of sp³-hybridized carbons (Fsp3) is 0.214. The molecule has 102 valence electrons. The highest BCUT2D eigenvalue weighted by Gasteiger charge is 2.35. The maximum atomic E-state index is 12.2. The number of fused-ring (bicyclic) bond motifs is 1. The first kappa shape index (κ1) is 12.8. The van der Waals surface area contributed by atoms with Gasteiger partial charge in [-0.05, 0) is 25.1 Å². The molecule has 1 aromatic heterocycles. The molecule has 0 aliphatic carbocycles. The van der Waals surface area contributed by atoms with Gasteiger partial charge in [-0.1, -0.05) is 0 Å². The average molecular weight is 287 g/mol. The lowest BCUT2D eigenvalue weighted by molar-refractivity contribution is 0.0656. The number of hydrogen-bond donors (Lipinski definition) is 1. The van der Waals surface area contributed by atoms with E-state index >= 15 is 0 Å². The molecule has 0 fully saturated rings. The average Bonchev–Trinajstić information content (AvgIpc) is 2.92. The Morgan fingerprint density at radius 2 is 2.00 bits per heavy atom. The zero-order chi connectivity index (χ0) is 14.3. The third-order valence-corrected chi connectivity index (χ3v) is 4.24. The highest BCUT2D eigenvalue weighted by atomic mass is 32.1. The molecule has 6 heteroatoms. The summed E-state index contributed by atoms with van der Waals surface area (Å²) < 4.78 is 0. The van der Waals surface area contributed by atoms with Crippen LogP contribution >= 0.6 is 11.3 Å². The summed E-state index contributed by atoms with van der Waals surface area (Å²) >= 11 is 1.54. The van der Waals surface area contributed by atoms with Crippen molar-refractivity contribution in [1.82, 2.24) is 9.88 Å². The molecule has 2 heterocycles. The number of aromatic nitrogens is 1. The summed E-state index contributed by atoms with van der Waals surface area (Å²) in [5.74, 6) is -0.524. The first-order valence-electron chi connectivity index (χ1n) is 6.23. The fourth-order valence-corrected chi connectivity index (χ4v) is 3.00. The van der Waals surface area contributed by atoms with E-state index in [4.69, 9.17) is 5.73 Å². The highest BCUT2D eigenvalue weighted by Crippen LogP contribution is 2.25. The molecule has 2 N–H and O–H groups in total. The predicted molar refractivity (Wildman–Crippen MR) is 76.8 cm³/mol. The lowest BCUT2D eigenvalue weighted by Crippen LogP contribution is -2.31. The third kappa shape index (κ3) is 2.08. The second-order valence-electron chi connectivity index (χ2n) is 4.70. The molecule has 0 radical (unpaired) electrons. The third-order valence-electron chi connectivity index (χ3n) is 3.21. The molecular formula is C14H13N3O2S. The number of thiazole rings is 1. The smallest absolute Gasteiger partial charge is 0.261 e. The zero-order valence-corrected chi connectivity index (χ0v) is 11.7. The Morgan fingerprint density at radius 1 is 1.25 bits per heavy atom. The van der Waals surface area contributed by atoms with Crippen molar-refractivity contribution in [2.24, 2.45) is 0 Å². The second kappa shape index (κ2) is 4.72. The largest absolute Gasteiger partial charge is 0.399 e. The molecule has 2 amide bonds. The summed E-state index contributed by atoms with van der Waals surface area (Å²) in [4.78, 5) is 30.0. The monoisotopic (exact) mass is 287 g/mol. The molecule has 0 bridgehead atoms. The van der Waals surface area contributed by atoms with Gasteiger partial charge in [0.15, 0.2) is 0 Å². The molecule has 0 atom stereocenters. The summed E-state index contributed by atoms with van der Waals surface area (Å²) in [7, 11) is 0. The number of carbonyl (C=O) groups excluding carboxylic acids is 2. The van der Waals surface area contributed by atoms with Gasteiger partial charge in [0.05, 0.1) is 16.1 Å². The molecular weight excluding hydrogens is 274 g/mol. The van der Waals surface area contributed by atoms with Crippen LogP contribution in [0.5, 0.6) is 0 Å². The van der Waals surface area contributed by atoms with Gasteiger partial charge in [0, 0.05) is 29.7 Å². The number of nitrogens with zero attached hydrogens (tertiary/aromatic N) is 2. The number of aryl methyl sites for hydroxylation is 1. The van der Waals surface area contributed by atoms with E-state index in [2.05, 4.69) is 4.98 Å². The van der Waals surface area contributed by atoms with Crippen molar-refractivity contribution < 1.29 is 9.59 Å². The summed E-state index contributed by atoms with van der Waals surface area (Å²) in [6, 6.07) is 4.80. The van der Waals surface area contributed by atoms with Crippen LogP contribution in [0.4, 0.5) is 5.69 Å². The van der Waals surface area contributed by atoms with Crippen LogP contribution in [0.15, 0.2) is 23.6 Å². The maximum absolute atomic E-state index is 12.2. The van der Waals surface area contributed by atoms with E-state index in [1.165, 1.54) is 4.90 Å². The van der Waals surface area contributed by atoms with Crippen molar-refractivity contribution in [2.45, 2.75) is 13.3 Å². The van der Waals surface area contributed by atoms with E-state index in [0.717, 1.165) is 10.7 Å². The summed E-state index contributed by atoms with van der Waals surface area (Å²) in [5, 5.41) is 2.89. The molecule has 2 aromatic rings. The molecule has 0 unspecified atom stereocenters. The highest BCUT2D eigenvalue weighted by molar-refractivity contribution is 7.09. The summed E-state index contributed by atoms with van der Waals surface area (Å²) in [5.41, 5.74) is 7.93. The van der Waals surface area contributed by atoms with Gasteiger partial charge in [-0.25, -0.2) is 4.98 Å². The van der Waals surface area contributed by atoms with Crippen molar-refractivity contribution in [1.29, 1.82) is 0 Å². The number of nitrogen functional groups attached to an aromatic ring is 1. The molecule has 5 nitrogen and oxygen atoms in total. The minimum absolute atomic E-state index is 0.252. The maximum Gasteiger partial charge on any atom is 0.261 e. The minimum Gasteiger partial charge on any atom is -0.399 e. The predicted octanol–water partition coefficient (Wildman–Crippen LogP) is 1.87. The zero-order valence-electron chi connectivity index (χ0n) is 10.9. The van der Waals surface area contributed by atoms with Gasteiger partial charge >= 0.3 is 0 Å². The fourth-order valence-electron chi connectivity index (χ4n) is 2.24. The van der Waals surface area contributed by atoms with Crippen LogP contribution in [0.2, 0.25) is 0 Å². The summed E-state index contributed by atoms with van der Waals surface area (Å²) in [6.45, 7) is 2.27. The normalized spacial score (nSPS) is 13.9. The topological polar surface area (TPSA) is 76.3 Å². The minimum atomic E-state index is -0.273. The lowest BCUT2D eigenvalue weighted by Gasteiger charge is -2.12. The second-order valence-corrected chi connectivity index (χ2v) is 5.64. The Morgan fingerprint density at radius 3 is 2.70 bits per heavy atom. The van der Waals surface area contributed by atoms with Crippen LogP contribution in [0.1, 0.15) is 31.4 Å². The molecule has 3 rings (SSSR count). The lowest BCUT2D eigenvalue weighted by atomic mass is 10.1. The van der Waals surface area contributed by atoms with Crippen molar-refractivity contribution in [3.05, 3.63) is 45.4 Å². The molecule has 1 aromatic carbocycles. The van der Waals surface area contributed by atoms with E-state index in [1.54, 1.807) is 29.5 Å². The molecule has 0 saturated carbocycles. The van der Waals surface area contributed by atoms with Crippen molar-refractivity contribution >= 4 is 28.8 Å². The summed E-state index contributed by atoms with van der Waals surface area (Å²) in [6.07, 6.45) is 0.583. The van der Waals surface area contributed by atoms with E-state index < -0.39 is 0 Å². The van der Waals surface area contributed by atoms with Gasteiger partial charge in [0.2, 0.25) is 0 Å². The molecule has 0 saturated heterocycles. The Bertz CT molecular complexity index is 708. The SMILES string of the molecule is Cc1csc(CCN2C(=O)c3ccc(N)cc3C2=O)n1. The first-order chi connectivity index (χ1) is 9.56. The number of anilines is 1. The Balaban J connectivity index is 1.79. The van der Waals surface area contributed by atoms with Gasteiger partial charge in [0.25, 0.3) is 11.8 Å². The van der Waals surface area contributed by atoms with Crippen LogP contribution in [-0.2, 0) is 6.42 Å². The van der Waals surface area contributed by atoms with Gasteiger partial charge in [-0.15, -0.1) is 11.3 Å². The van der Waals surface area contributed by atoms with E-state index in [0.29, 0.717) is 29.8 Å². The number of rotatable bonds is 3. The van der Waals surface area contributed by atoms with Crippen molar-refractivity contribution in [3.63, 3.8) is 0 Å². The standard InChI is InChI=1S/C14H13N3O2S/c1-8-7-20-12(16-8)4-5-17-13(18)10-3-2-9(15)6-11(10)14(17)19/h2-3,6-7H,4-5,15H2,1H3. The van der Waals surface area contributed by atoms with Crippen molar-refractivity contribution in [3.8, 4) is 0 Å². The number of amides is 2. The Kier molecular flexibility index (Phi) is 3.02. The van der Waals surface area contributed by atoms with Gasteiger partial charge < -0.3 is 5.73 Å². The van der Waals surface area contributed by atoms with Gasteiger partial charge in [-0.2, -0.15) is 0 Å². The van der Waals surface area contributed by atoms with Crippen LogP contribution in [0.25, 0.3) is 0 Å². The van der Waals surface area contributed by atoms with E-state index in [-0.39, 0.29) is 11.8 Å². The molecule has 0 spiro atoms. The van der Waals surface area contributed by atoms with Crippen LogP contribution in [-0.4, -0.2) is 28.2 Å². The molecule has 1 aliphatic heterocycles. The quantitative estimate of drug-likeness (QED) is 0.690. The molecule has 1 aliphatic rings.